The van der Waals surface area contributed by atoms with Crippen LogP contribution in [0.3, 0.4) is 0 Å². The third-order valence-corrected chi connectivity index (χ3v) is 5.05. The second-order valence-electron chi connectivity index (χ2n) is 6.66. The molecule has 6 heteroatoms. The molecule has 0 aromatic carbocycles. The van der Waals surface area contributed by atoms with Gasteiger partial charge in [-0.3, -0.25) is 9.67 Å². The molecule has 0 amide bonds. The second kappa shape index (κ2) is 9.61. The summed E-state index contributed by atoms with van der Waals surface area (Å²) in [5, 5.41) is 10.1. The molecule has 0 saturated heterocycles. The van der Waals surface area contributed by atoms with Gasteiger partial charge in [-0.15, -0.1) is 11.3 Å². The maximum atomic E-state index is 4.84. The number of likely N-dealkylation sites (N-methyl/N-ethyl adjacent to an activating group) is 1. The predicted molar refractivity (Wildman–Crippen MR) is 107 cm³/mol. The first kappa shape index (κ1) is 19.5. The Morgan fingerprint density at radius 3 is 2.84 bits per heavy atom. The van der Waals surface area contributed by atoms with E-state index in [-0.39, 0.29) is 0 Å². The number of aryl methyl sites for hydroxylation is 2. The average Bonchev–Trinajstić information content (AvgIpc) is 3.19. The first-order valence-electron chi connectivity index (χ1n) is 9.02. The van der Waals surface area contributed by atoms with Crippen molar-refractivity contribution < 1.29 is 0 Å². The maximum Gasteiger partial charge on any atom is 0.193 e. The van der Waals surface area contributed by atoms with Gasteiger partial charge < -0.3 is 10.2 Å². The van der Waals surface area contributed by atoms with E-state index in [1.807, 2.05) is 18.3 Å². The third kappa shape index (κ3) is 6.20. The van der Waals surface area contributed by atoms with Gasteiger partial charge >= 0.3 is 0 Å². The molecule has 2 aromatic rings. The standard InChI is InChI=1S/C19H31N5S/c1-6-20-19(23(5)10-9-18-8-7-11-25-18)21-13-15(2)14-24-17(4)12-16(3)22-24/h7-8,11-12,15H,6,9-10,13-14H2,1-5H3,(H,20,21). The van der Waals surface area contributed by atoms with Gasteiger partial charge in [-0.25, -0.2) is 0 Å². The van der Waals surface area contributed by atoms with Gasteiger partial charge in [0.25, 0.3) is 0 Å². The molecule has 5 nitrogen and oxygen atoms in total. The number of rotatable bonds is 8. The third-order valence-electron chi connectivity index (χ3n) is 4.11. The summed E-state index contributed by atoms with van der Waals surface area (Å²) in [6.07, 6.45) is 1.06. The van der Waals surface area contributed by atoms with Crippen LogP contribution in [0.2, 0.25) is 0 Å². The Bertz CT molecular complexity index is 659. The molecule has 138 valence electrons. The number of hydrogen-bond acceptors (Lipinski definition) is 3. The van der Waals surface area contributed by atoms with Gasteiger partial charge in [-0.2, -0.15) is 5.10 Å². The van der Waals surface area contributed by atoms with Gasteiger partial charge in [0.05, 0.1) is 5.69 Å². The van der Waals surface area contributed by atoms with Gasteiger partial charge in [0, 0.05) is 43.8 Å². The maximum absolute atomic E-state index is 4.84. The Balaban J connectivity index is 1.89. The Morgan fingerprint density at radius 1 is 1.44 bits per heavy atom. The van der Waals surface area contributed by atoms with Crippen LogP contribution in [0.4, 0.5) is 0 Å². The van der Waals surface area contributed by atoms with E-state index in [0.717, 1.165) is 44.3 Å². The summed E-state index contributed by atoms with van der Waals surface area (Å²) in [6.45, 7) is 12.0. The Labute approximate surface area is 155 Å². The Hall–Kier alpha value is -1.82. The predicted octanol–water partition coefficient (Wildman–Crippen LogP) is 3.34. The van der Waals surface area contributed by atoms with Crippen molar-refractivity contribution >= 4 is 17.3 Å². The van der Waals surface area contributed by atoms with Crippen molar-refractivity contribution in [3.8, 4) is 0 Å². The van der Waals surface area contributed by atoms with Gasteiger partial charge in [-0.1, -0.05) is 13.0 Å². The summed E-state index contributed by atoms with van der Waals surface area (Å²) in [4.78, 5) is 8.48. The van der Waals surface area contributed by atoms with E-state index in [9.17, 15) is 0 Å². The highest BCUT2D eigenvalue weighted by Gasteiger charge is 2.10. The molecule has 2 aromatic heterocycles. The zero-order valence-corrected chi connectivity index (χ0v) is 16.9. The van der Waals surface area contributed by atoms with Gasteiger partial charge in [0.15, 0.2) is 5.96 Å². The highest BCUT2D eigenvalue weighted by atomic mass is 32.1. The summed E-state index contributed by atoms with van der Waals surface area (Å²) in [5.74, 6) is 1.43. The molecule has 0 radical (unpaired) electrons. The molecule has 1 atom stereocenters. The van der Waals surface area contributed by atoms with Crippen molar-refractivity contribution in [3.63, 3.8) is 0 Å². The zero-order chi connectivity index (χ0) is 18.2. The highest BCUT2D eigenvalue weighted by Crippen LogP contribution is 2.10. The lowest BCUT2D eigenvalue weighted by molar-refractivity contribution is 0.441. The first-order valence-corrected chi connectivity index (χ1v) is 9.90. The summed E-state index contributed by atoms with van der Waals surface area (Å²) >= 11 is 1.82. The van der Waals surface area contributed by atoms with Crippen LogP contribution in [0, 0.1) is 19.8 Å². The lowest BCUT2D eigenvalue weighted by Gasteiger charge is -2.22. The van der Waals surface area contributed by atoms with Gasteiger partial charge in [0.1, 0.15) is 0 Å². The molecule has 2 rings (SSSR count). The van der Waals surface area contributed by atoms with E-state index in [0.29, 0.717) is 5.92 Å². The van der Waals surface area contributed by atoms with Gasteiger partial charge in [0.2, 0.25) is 0 Å². The first-order chi connectivity index (χ1) is 12.0. The molecule has 0 aliphatic carbocycles. The number of hydrogen-bond donors (Lipinski definition) is 1. The minimum Gasteiger partial charge on any atom is -0.357 e. The molecule has 0 spiro atoms. The van der Waals surface area contributed by atoms with E-state index in [4.69, 9.17) is 4.99 Å². The quantitative estimate of drug-likeness (QED) is 0.579. The molecular formula is C19H31N5S. The van der Waals surface area contributed by atoms with Crippen LogP contribution in [0.25, 0.3) is 0 Å². The van der Waals surface area contributed by atoms with Crippen LogP contribution >= 0.6 is 11.3 Å². The van der Waals surface area contributed by atoms with Crippen molar-refractivity contribution in [2.45, 2.75) is 40.7 Å². The fourth-order valence-electron chi connectivity index (χ4n) is 2.76. The van der Waals surface area contributed by atoms with Crippen molar-refractivity contribution in [1.29, 1.82) is 0 Å². The lowest BCUT2D eigenvalue weighted by Crippen LogP contribution is -2.40. The zero-order valence-electron chi connectivity index (χ0n) is 16.1. The molecule has 1 unspecified atom stereocenters. The number of nitrogens with zero attached hydrogens (tertiary/aromatic N) is 4. The van der Waals surface area contributed by atoms with Crippen LogP contribution in [0.1, 0.15) is 30.1 Å². The van der Waals surface area contributed by atoms with Crippen LogP contribution < -0.4 is 5.32 Å². The van der Waals surface area contributed by atoms with E-state index in [1.165, 1.54) is 10.6 Å². The van der Waals surface area contributed by atoms with Crippen molar-refractivity contribution in [2.24, 2.45) is 10.9 Å². The van der Waals surface area contributed by atoms with Crippen molar-refractivity contribution in [2.75, 3.05) is 26.7 Å². The van der Waals surface area contributed by atoms with Crippen molar-refractivity contribution in [1.82, 2.24) is 20.0 Å². The number of aromatic nitrogens is 2. The minimum absolute atomic E-state index is 0.442. The van der Waals surface area contributed by atoms with Crippen LogP contribution in [-0.2, 0) is 13.0 Å². The molecule has 0 saturated carbocycles. The largest absolute Gasteiger partial charge is 0.357 e. The summed E-state index contributed by atoms with van der Waals surface area (Å²) in [7, 11) is 2.11. The molecule has 2 heterocycles. The summed E-state index contributed by atoms with van der Waals surface area (Å²) < 4.78 is 2.09. The lowest BCUT2D eigenvalue weighted by atomic mass is 10.2. The van der Waals surface area contributed by atoms with E-state index in [1.54, 1.807) is 0 Å². The normalized spacial score (nSPS) is 13.1. The van der Waals surface area contributed by atoms with Crippen LogP contribution in [0.15, 0.2) is 28.6 Å². The van der Waals surface area contributed by atoms with E-state index in [2.05, 4.69) is 71.4 Å². The van der Waals surface area contributed by atoms with E-state index >= 15 is 0 Å². The van der Waals surface area contributed by atoms with Gasteiger partial charge in [-0.05, 0) is 50.6 Å². The fourth-order valence-corrected chi connectivity index (χ4v) is 3.46. The average molecular weight is 362 g/mol. The van der Waals surface area contributed by atoms with E-state index < -0.39 is 0 Å². The molecule has 0 fully saturated rings. The SMILES string of the molecule is CCNC(=NCC(C)Cn1nc(C)cc1C)N(C)CCc1cccs1. The number of guanidine groups is 1. The Morgan fingerprint density at radius 2 is 2.24 bits per heavy atom. The van der Waals surface area contributed by atoms with Crippen LogP contribution in [-0.4, -0.2) is 47.3 Å². The highest BCUT2D eigenvalue weighted by molar-refractivity contribution is 7.09. The molecule has 0 bridgehead atoms. The number of aliphatic imine (C=N–C) groups is 1. The molecule has 0 aliphatic heterocycles. The minimum atomic E-state index is 0.442. The Kier molecular flexibility index (Phi) is 7.50. The topological polar surface area (TPSA) is 45.5 Å². The molecular weight excluding hydrogens is 330 g/mol. The molecule has 25 heavy (non-hydrogen) atoms. The molecule has 1 N–H and O–H groups in total. The molecule has 0 aliphatic rings. The second-order valence-corrected chi connectivity index (χ2v) is 7.69. The smallest absolute Gasteiger partial charge is 0.193 e. The number of nitrogens with one attached hydrogen (secondary N) is 1. The summed E-state index contributed by atoms with van der Waals surface area (Å²) in [6, 6.07) is 6.43. The fraction of sp³-hybridized carbons (Fsp3) is 0.579. The van der Waals surface area contributed by atoms with Crippen LogP contribution in [0.5, 0.6) is 0 Å². The monoisotopic (exact) mass is 361 g/mol. The van der Waals surface area contributed by atoms with Crippen molar-refractivity contribution in [3.05, 3.63) is 39.8 Å². The summed E-state index contributed by atoms with van der Waals surface area (Å²) in [5.41, 5.74) is 2.29. The number of thiophene rings is 1.